The van der Waals surface area contributed by atoms with E-state index in [4.69, 9.17) is 0 Å². The summed E-state index contributed by atoms with van der Waals surface area (Å²) in [5.74, 6) is -0.309. The van der Waals surface area contributed by atoms with E-state index >= 15 is 0 Å². The van der Waals surface area contributed by atoms with Crippen LogP contribution in [0.25, 0.3) is 0 Å². The van der Waals surface area contributed by atoms with Gasteiger partial charge in [0.15, 0.2) is 0 Å². The molecule has 0 saturated heterocycles. The molecule has 0 aliphatic heterocycles. The number of rotatable bonds is 2. The van der Waals surface area contributed by atoms with Crippen LogP contribution < -0.4 is 5.32 Å². The van der Waals surface area contributed by atoms with Gasteiger partial charge < -0.3 is 5.32 Å². The average Bonchev–Trinajstić information content (AvgIpc) is 2.32. The minimum absolute atomic E-state index is 0.188. The predicted molar refractivity (Wildman–Crippen MR) is 47.3 cm³/mol. The van der Waals surface area contributed by atoms with E-state index in [-0.39, 0.29) is 16.2 Å². The third-order valence-electron chi connectivity index (χ3n) is 1.02. The van der Waals surface area contributed by atoms with E-state index in [1.54, 1.807) is 0 Å². The zero-order valence-electron chi connectivity index (χ0n) is 6.94. The summed E-state index contributed by atoms with van der Waals surface area (Å²) in [6.07, 6.45) is 1.01. The molecule has 72 valence electrons. The zero-order valence-corrected chi connectivity index (χ0v) is 8.57. The lowest BCUT2D eigenvalue weighted by Gasteiger charge is -1.91. The van der Waals surface area contributed by atoms with Gasteiger partial charge in [0.25, 0.3) is 5.16 Å². The SMILES string of the molecule is CC(=O)Nc1nc(S(C)(=O)=O)ns1. The topological polar surface area (TPSA) is 89.0 Å². The molecular formula is C5H7N3O3S2. The molecule has 6 nitrogen and oxygen atoms in total. The van der Waals surface area contributed by atoms with Gasteiger partial charge in [0, 0.05) is 24.7 Å². The van der Waals surface area contributed by atoms with E-state index in [0.717, 1.165) is 17.8 Å². The zero-order chi connectivity index (χ0) is 10.1. The Morgan fingerprint density at radius 2 is 2.15 bits per heavy atom. The van der Waals surface area contributed by atoms with E-state index < -0.39 is 9.84 Å². The molecular weight excluding hydrogens is 214 g/mol. The molecule has 0 radical (unpaired) electrons. The maximum absolute atomic E-state index is 10.9. The Kier molecular flexibility index (Phi) is 2.62. The van der Waals surface area contributed by atoms with Crippen LogP contribution >= 0.6 is 11.5 Å². The van der Waals surface area contributed by atoms with Crippen molar-refractivity contribution < 1.29 is 13.2 Å². The largest absolute Gasteiger partial charge is 0.301 e. The van der Waals surface area contributed by atoms with Gasteiger partial charge in [0.2, 0.25) is 20.9 Å². The Hall–Kier alpha value is -1.02. The summed E-state index contributed by atoms with van der Waals surface area (Å²) in [6.45, 7) is 1.31. The molecule has 0 saturated carbocycles. The lowest BCUT2D eigenvalue weighted by atomic mass is 10.7. The summed E-state index contributed by atoms with van der Waals surface area (Å²) in [5.41, 5.74) is 0. The third kappa shape index (κ3) is 2.74. The molecule has 0 aliphatic rings. The summed E-state index contributed by atoms with van der Waals surface area (Å²) in [7, 11) is -3.38. The van der Waals surface area contributed by atoms with Crippen LogP contribution in [0.5, 0.6) is 0 Å². The van der Waals surface area contributed by atoms with Gasteiger partial charge >= 0.3 is 0 Å². The molecule has 1 heterocycles. The van der Waals surface area contributed by atoms with Crippen molar-refractivity contribution in [2.45, 2.75) is 12.1 Å². The van der Waals surface area contributed by atoms with Crippen molar-refractivity contribution in [2.75, 3.05) is 11.6 Å². The first-order valence-electron chi connectivity index (χ1n) is 3.21. The molecule has 8 heteroatoms. The standard InChI is InChI=1S/C5H7N3O3S2/c1-3(9)6-4-7-5(8-12-4)13(2,10)11/h1-2H3,(H,6,7,8,9). The lowest BCUT2D eigenvalue weighted by molar-refractivity contribution is -0.114. The third-order valence-corrected chi connectivity index (χ3v) is 2.61. The van der Waals surface area contributed by atoms with Gasteiger partial charge in [0.05, 0.1) is 0 Å². The second-order valence-corrected chi connectivity index (χ2v) is 5.00. The molecule has 0 spiro atoms. The molecule has 1 aromatic rings. The van der Waals surface area contributed by atoms with Crippen molar-refractivity contribution in [1.82, 2.24) is 9.36 Å². The van der Waals surface area contributed by atoms with Crippen LogP contribution in [-0.4, -0.2) is 29.9 Å². The number of sulfone groups is 1. The maximum atomic E-state index is 10.9. The fraction of sp³-hybridized carbons (Fsp3) is 0.400. The van der Waals surface area contributed by atoms with E-state index in [1.165, 1.54) is 6.92 Å². The highest BCUT2D eigenvalue weighted by Crippen LogP contribution is 2.13. The van der Waals surface area contributed by atoms with Crippen molar-refractivity contribution in [2.24, 2.45) is 0 Å². The molecule has 0 atom stereocenters. The second-order valence-electron chi connectivity index (χ2n) is 2.34. The normalized spacial score (nSPS) is 11.2. The number of amides is 1. The minimum atomic E-state index is -3.38. The van der Waals surface area contributed by atoms with Crippen LogP contribution in [0.15, 0.2) is 5.16 Å². The Labute approximate surface area is 79.1 Å². The highest BCUT2D eigenvalue weighted by atomic mass is 32.2. The summed E-state index contributed by atoms with van der Waals surface area (Å²) >= 11 is 0.833. The number of carbonyl (C=O) groups is 1. The van der Waals surface area contributed by atoms with E-state index in [9.17, 15) is 13.2 Å². The van der Waals surface area contributed by atoms with Crippen LogP contribution in [0.2, 0.25) is 0 Å². The molecule has 13 heavy (non-hydrogen) atoms. The molecule has 0 fully saturated rings. The van der Waals surface area contributed by atoms with Gasteiger partial charge in [0.1, 0.15) is 0 Å². The van der Waals surface area contributed by atoms with Crippen LogP contribution in [-0.2, 0) is 14.6 Å². The van der Waals surface area contributed by atoms with Crippen LogP contribution in [0.1, 0.15) is 6.92 Å². The molecule has 0 aliphatic carbocycles. The highest BCUT2D eigenvalue weighted by molar-refractivity contribution is 7.90. The van der Waals surface area contributed by atoms with Crippen molar-refractivity contribution in [3.8, 4) is 0 Å². The molecule has 1 N–H and O–H groups in total. The second kappa shape index (κ2) is 3.38. The van der Waals surface area contributed by atoms with Crippen LogP contribution in [0.3, 0.4) is 0 Å². The smallest absolute Gasteiger partial charge is 0.260 e. The Bertz CT molecular complexity index is 422. The van der Waals surface area contributed by atoms with Gasteiger partial charge in [-0.1, -0.05) is 0 Å². The van der Waals surface area contributed by atoms with Crippen LogP contribution in [0, 0.1) is 0 Å². The molecule has 1 rings (SSSR count). The van der Waals surface area contributed by atoms with E-state index in [1.807, 2.05) is 0 Å². The summed E-state index contributed by atoms with van der Waals surface area (Å²) in [5, 5.41) is 2.26. The fourth-order valence-corrected chi connectivity index (χ4v) is 2.05. The fourth-order valence-electron chi connectivity index (χ4n) is 0.562. The van der Waals surface area contributed by atoms with Crippen molar-refractivity contribution >= 4 is 32.4 Å². The molecule has 0 aromatic carbocycles. The first-order valence-corrected chi connectivity index (χ1v) is 5.87. The van der Waals surface area contributed by atoms with Gasteiger partial charge in [-0.05, 0) is 0 Å². The quantitative estimate of drug-likeness (QED) is 0.753. The average molecular weight is 221 g/mol. The first-order chi connectivity index (χ1) is 5.89. The first kappa shape index (κ1) is 10.1. The predicted octanol–water partition coefficient (Wildman–Crippen LogP) is -0.100. The van der Waals surface area contributed by atoms with Gasteiger partial charge in [-0.25, -0.2) is 8.42 Å². The Morgan fingerprint density at radius 1 is 1.54 bits per heavy atom. The van der Waals surface area contributed by atoms with Crippen molar-refractivity contribution in [3.05, 3.63) is 0 Å². The monoisotopic (exact) mass is 221 g/mol. The van der Waals surface area contributed by atoms with Crippen molar-refractivity contribution in [3.63, 3.8) is 0 Å². The minimum Gasteiger partial charge on any atom is -0.301 e. The lowest BCUT2D eigenvalue weighted by Crippen LogP contribution is -2.06. The number of anilines is 1. The molecule has 0 unspecified atom stereocenters. The summed E-state index contributed by atoms with van der Waals surface area (Å²) in [4.78, 5) is 14.2. The molecule has 0 bridgehead atoms. The number of aromatic nitrogens is 2. The molecule has 1 aromatic heterocycles. The summed E-state index contributed by atoms with van der Waals surface area (Å²) in [6, 6.07) is 0. The van der Waals surface area contributed by atoms with E-state index in [2.05, 4.69) is 14.7 Å². The number of carbonyl (C=O) groups excluding carboxylic acids is 1. The number of nitrogens with one attached hydrogen (secondary N) is 1. The van der Waals surface area contributed by atoms with Gasteiger partial charge in [-0.15, -0.1) is 0 Å². The summed E-state index contributed by atoms with van der Waals surface area (Å²) < 4.78 is 25.4. The molecule has 1 amide bonds. The van der Waals surface area contributed by atoms with Gasteiger partial charge in [-0.3, -0.25) is 4.79 Å². The maximum Gasteiger partial charge on any atom is 0.260 e. The van der Waals surface area contributed by atoms with Gasteiger partial charge in [-0.2, -0.15) is 9.36 Å². The van der Waals surface area contributed by atoms with E-state index in [0.29, 0.717) is 0 Å². The van der Waals surface area contributed by atoms with Crippen molar-refractivity contribution in [1.29, 1.82) is 0 Å². The Morgan fingerprint density at radius 3 is 2.54 bits per heavy atom. The highest BCUT2D eigenvalue weighted by Gasteiger charge is 2.14. The van der Waals surface area contributed by atoms with Crippen LogP contribution in [0.4, 0.5) is 5.13 Å². The number of hydrogen-bond donors (Lipinski definition) is 1. The Balaban J connectivity index is 2.94. The number of hydrogen-bond acceptors (Lipinski definition) is 6. The number of nitrogens with zero attached hydrogens (tertiary/aromatic N) is 2.